The molecule has 0 spiro atoms. The van der Waals surface area contributed by atoms with E-state index in [0.717, 1.165) is 20.0 Å². The van der Waals surface area contributed by atoms with Crippen LogP contribution in [-0.4, -0.2) is 4.98 Å². The zero-order valence-corrected chi connectivity index (χ0v) is 13.4. The molecule has 88 valence electrons. The third-order valence-corrected chi connectivity index (χ3v) is 3.76. The van der Waals surface area contributed by atoms with Gasteiger partial charge in [-0.3, -0.25) is 4.98 Å². The van der Waals surface area contributed by atoms with Crippen LogP contribution >= 0.6 is 47.8 Å². The van der Waals surface area contributed by atoms with Gasteiger partial charge in [-0.15, -0.1) is 0 Å². The molecule has 2 aromatic rings. The smallest absolute Gasteiger partial charge is 0.146 e. The number of pyridine rings is 1. The minimum Gasteiger partial charge on any atom is -0.455 e. The Morgan fingerprint density at radius 3 is 2.59 bits per heavy atom. The number of halogens is 3. The third-order valence-electron chi connectivity index (χ3n) is 2.06. The predicted molar refractivity (Wildman–Crippen MR) is 78.8 cm³/mol. The Balaban J connectivity index is 2.24. The maximum absolute atomic E-state index is 5.73. The van der Waals surface area contributed by atoms with Crippen LogP contribution in [0.1, 0.15) is 5.56 Å². The van der Waals surface area contributed by atoms with Gasteiger partial charge in [-0.25, -0.2) is 0 Å². The number of hydrogen-bond donors (Lipinski definition) is 0. The van der Waals surface area contributed by atoms with Gasteiger partial charge in [0, 0.05) is 16.0 Å². The highest BCUT2D eigenvalue weighted by molar-refractivity contribution is 9.11. The molecule has 0 atom stereocenters. The number of benzene rings is 1. The average molecular weight is 422 g/mol. The molecule has 0 radical (unpaired) electrons. The molecule has 0 aliphatic heterocycles. The van der Waals surface area contributed by atoms with Gasteiger partial charge in [0.05, 0.1) is 10.7 Å². The molecule has 17 heavy (non-hydrogen) atoms. The van der Waals surface area contributed by atoms with E-state index < -0.39 is 0 Å². The second-order valence-electron chi connectivity index (χ2n) is 3.34. The van der Waals surface area contributed by atoms with Crippen molar-refractivity contribution in [3.63, 3.8) is 0 Å². The molecule has 1 aromatic carbocycles. The SMILES string of the molecule is BrCc1ccc(Oc2cncc(Br)c2)c(Br)c1. The van der Waals surface area contributed by atoms with Crippen LogP contribution in [0.4, 0.5) is 0 Å². The number of alkyl halides is 1. The van der Waals surface area contributed by atoms with E-state index in [9.17, 15) is 0 Å². The number of ether oxygens (including phenoxy) is 1. The molecule has 2 rings (SSSR count). The van der Waals surface area contributed by atoms with E-state index in [1.165, 1.54) is 5.56 Å². The van der Waals surface area contributed by atoms with Gasteiger partial charge in [0.15, 0.2) is 0 Å². The van der Waals surface area contributed by atoms with E-state index in [4.69, 9.17) is 4.74 Å². The van der Waals surface area contributed by atoms with E-state index in [1.54, 1.807) is 12.4 Å². The molecule has 2 nitrogen and oxygen atoms in total. The molecule has 0 saturated heterocycles. The maximum atomic E-state index is 5.73. The quantitative estimate of drug-likeness (QED) is 0.628. The molecule has 1 aromatic heterocycles. The number of hydrogen-bond acceptors (Lipinski definition) is 2. The van der Waals surface area contributed by atoms with Crippen LogP contribution in [0.15, 0.2) is 45.6 Å². The van der Waals surface area contributed by atoms with Crippen LogP contribution in [0, 0.1) is 0 Å². The molecule has 0 bridgehead atoms. The molecular weight excluding hydrogens is 414 g/mol. The largest absolute Gasteiger partial charge is 0.455 e. The van der Waals surface area contributed by atoms with Crippen molar-refractivity contribution in [1.29, 1.82) is 0 Å². The van der Waals surface area contributed by atoms with Gasteiger partial charge in [-0.2, -0.15) is 0 Å². The highest BCUT2D eigenvalue weighted by Crippen LogP contribution is 2.31. The highest BCUT2D eigenvalue weighted by atomic mass is 79.9. The summed E-state index contributed by atoms with van der Waals surface area (Å²) in [4.78, 5) is 4.05. The molecule has 0 saturated carbocycles. The van der Waals surface area contributed by atoms with E-state index in [1.807, 2.05) is 24.3 Å². The summed E-state index contributed by atoms with van der Waals surface area (Å²) in [6, 6.07) is 7.84. The van der Waals surface area contributed by atoms with Gasteiger partial charge in [0.25, 0.3) is 0 Å². The molecule has 0 unspecified atom stereocenters. The van der Waals surface area contributed by atoms with Crippen LogP contribution in [0.2, 0.25) is 0 Å². The summed E-state index contributed by atoms with van der Waals surface area (Å²) >= 11 is 10.3. The lowest BCUT2D eigenvalue weighted by Crippen LogP contribution is -1.88. The minimum absolute atomic E-state index is 0.701. The monoisotopic (exact) mass is 419 g/mol. The molecule has 0 aliphatic carbocycles. The van der Waals surface area contributed by atoms with Crippen LogP contribution in [-0.2, 0) is 5.33 Å². The zero-order valence-electron chi connectivity index (χ0n) is 8.66. The predicted octanol–water partition coefficient (Wildman–Crippen LogP) is 5.29. The maximum Gasteiger partial charge on any atom is 0.146 e. The van der Waals surface area contributed by atoms with Gasteiger partial charge >= 0.3 is 0 Å². The highest BCUT2D eigenvalue weighted by Gasteiger charge is 2.04. The minimum atomic E-state index is 0.701. The Bertz CT molecular complexity index is 531. The van der Waals surface area contributed by atoms with Crippen LogP contribution in [0.25, 0.3) is 0 Å². The Kier molecular flexibility index (Phi) is 4.59. The summed E-state index contributed by atoms with van der Waals surface area (Å²) in [5.74, 6) is 1.47. The summed E-state index contributed by atoms with van der Waals surface area (Å²) in [7, 11) is 0. The standard InChI is InChI=1S/C12H8Br3NO/c13-5-8-1-2-12(11(15)3-8)17-10-4-9(14)6-16-7-10/h1-4,6-7H,5H2. The van der Waals surface area contributed by atoms with Crippen LogP contribution in [0.5, 0.6) is 11.5 Å². The summed E-state index contributed by atoms with van der Waals surface area (Å²) in [6.45, 7) is 0. The Morgan fingerprint density at radius 1 is 1.12 bits per heavy atom. The normalized spacial score (nSPS) is 10.3. The lowest BCUT2D eigenvalue weighted by molar-refractivity contribution is 0.476. The first-order valence-electron chi connectivity index (χ1n) is 4.82. The van der Waals surface area contributed by atoms with E-state index in [0.29, 0.717) is 5.75 Å². The number of rotatable bonds is 3. The third kappa shape index (κ3) is 3.53. The van der Waals surface area contributed by atoms with Crippen molar-refractivity contribution in [2.45, 2.75) is 5.33 Å². The Labute approximate surface area is 125 Å². The van der Waals surface area contributed by atoms with Gasteiger partial charge in [-0.05, 0) is 55.6 Å². The number of aromatic nitrogens is 1. The van der Waals surface area contributed by atoms with Crippen LogP contribution in [0.3, 0.4) is 0 Å². The first kappa shape index (κ1) is 13.1. The van der Waals surface area contributed by atoms with Crippen molar-refractivity contribution in [3.05, 3.63) is 51.2 Å². The first-order valence-corrected chi connectivity index (χ1v) is 7.52. The fourth-order valence-corrected chi connectivity index (χ4v) is 2.49. The summed E-state index contributed by atoms with van der Waals surface area (Å²) in [5.41, 5.74) is 1.19. The Morgan fingerprint density at radius 2 is 1.94 bits per heavy atom. The second kappa shape index (κ2) is 5.98. The molecule has 0 fully saturated rings. The molecule has 0 amide bonds. The molecular formula is C12H8Br3NO. The summed E-state index contributed by atoms with van der Waals surface area (Å²) < 4.78 is 7.55. The van der Waals surface area contributed by atoms with Crippen LogP contribution < -0.4 is 4.74 Å². The van der Waals surface area contributed by atoms with Crippen molar-refractivity contribution < 1.29 is 4.74 Å². The molecule has 1 heterocycles. The van der Waals surface area contributed by atoms with Crippen molar-refractivity contribution in [2.24, 2.45) is 0 Å². The van der Waals surface area contributed by atoms with Crippen molar-refractivity contribution in [2.75, 3.05) is 0 Å². The van der Waals surface area contributed by atoms with Gasteiger partial charge < -0.3 is 4.74 Å². The molecule has 0 aliphatic rings. The lowest BCUT2D eigenvalue weighted by atomic mass is 10.2. The average Bonchev–Trinajstić information content (AvgIpc) is 2.32. The zero-order chi connectivity index (χ0) is 12.3. The summed E-state index contributed by atoms with van der Waals surface area (Å²) in [6.07, 6.45) is 3.39. The number of nitrogens with zero attached hydrogens (tertiary/aromatic N) is 1. The summed E-state index contributed by atoms with van der Waals surface area (Å²) in [5, 5.41) is 0.824. The van der Waals surface area contributed by atoms with Gasteiger partial charge in [0.2, 0.25) is 0 Å². The van der Waals surface area contributed by atoms with Gasteiger partial charge in [0.1, 0.15) is 11.5 Å². The fourth-order valence-electron chi connectivity index (χ4n) is 1.29. The Hall–Kier alpha value is -0.390. The van der Waals surface area contributed by atoms with Crippen molar-refractivity contribution in [1.82, 2.24) is 4.98 Å². The van der Waals surface area contributed by atoms with Gasteiger partial charge in [-0.1, -0.05) is 22.0 Å². The van der Waals surface area contributed by atoms with E-state index in [2.05, 4.69) is 52.8 Å². The molecule has 0 N–H and O–H groups in total. The lowest BCUT2D eigenvalue weighted by Gasteiger charge is -2.08. The van der Waals surface area contributed by atoms with Crippen molar-refractivity contribution >= 4 is 47.8 Å². The van der Waals surface area contributed by atoms with E-state index >= 15 is 0 Å². The van der Waals surface area contributed by atoms with Crippen molar-refractivity contribution in [3.8, 4) is 11.5 Å². The van der Waals surface area contributed by atoms with E-state index in [-0.39, 0.29) is 0 Å². The molecule has 5 heteroatoms. The topological polar surface area (TPSA) is 22.1 Å². The second-order valence-corrected chi connectivity index (χ2v) is 5.67. The fraction of sp³-hybridized carbons (Fsp3) is 0.0833. The first-order chi connectivity index (χ1) is 8.19.